The topological polar surface area (TPSA) is 49.4 Å². The first-order valence-corrected chi connectivity index (χ1v) is 10.8. The predicted octanol–water partition coefficient (Wildman–Crippen LogP) is 6.00. The van der Waals surface area contributed by atoms with Crippen LogP contribution in [0.3, 0.4) is 0 Å². The summed E-state index contributed by atoms with van der Waals surface area (Å²) in [6.45, 7) is 10.4. The van der Waals surface area contributed by atoms with Gasteiger partial charge in [-0.1, -0.05) is 74.9 Å². The van der Waals surface area contributed by atoms with E-state index in [2.05, 4.69) is 26.1 Å². The third kappa shape index (κ3) is 3.96. The Morgan fingerprint density at radius 2 is 1.44 bits per heavy atom. The van der Waals surface area contributed by atoms with Crippen LogP contribution in [0.2, 0.25) is 0 Å². The van der Waals surface area contributed by atoms with Gasteiger partial charge >= 0.3 is 0 Å². The lowest BCUT2D eigenvalue weighted by atomic mass is 9.87. The van der Waals surface area contributed by atoms with E-state index < -0.39 is 0 Å². The van der Waals surface area contributed by atoms with Crippen LogP contribution >= 0.6 is 0 Å². The van der Waals surface area contributed by atoms with Gasteiger partial charge in [0, 0.05) is 5.69 Å². The van der Waals surface area contributed by atoms with Gasteiger partial charge in [-0.3, -0.25) is 9.59 Å². The molecule has 1 heterocycles. The molecule has 0 radical (unpaired) electrons. The van der Waals surface area contributed by atoms with Gasteiger partial charge in [-0.05, 0) is 60.2 Å². The van der Waals surface area contributed by atoms with Crippen LogP contribution in [0.5, 0.6) is 0 Å². The van der Waals surface area contributed by atoms with Gasteiger partial charge in [0.1, 0.15) is 5.70 Å². The number of carbonyl (C=O) groups is 2. The van der Waals surface area contributed by atoms with E-state index in [0.29, 0.717) is 17.0 Å². The molecule has 0 fully saturated rings. The normalized spacial score (nSPS) is 14.3. The summed E-state index contributed by atoms with van der Waals surface area (Å²) in [5, 5.41) is 3.21. The summed E-state index contributed by atoms with van der Waals surface area (Å²) < 4.78 is 0. The van der Waals surface area contributed by atoms with E-state index in [9.17, 15) is 9.59 Å². The van der Waals surface area contributed by atoms with Crippen LogP contribution in [-0.4, -0.2) is 11.8 Å². The third-order valence-electron chi connectivity index (χ3n) is 5.77. The van der Waals surface area contributed by atoms with Crippen molar-refractivity contribution in [2.75, 3.05) is 10.2 Å². The first kappa shape index (κ1) is 21.6. The van der Waals surface area contributed by atoms with Gasteiger partial charge in [-0.25, -0.2) is 4.90 Å². The Bertz CT molecular complexity index is 1220. The molecule has 0 aliphatic carbocycles. The van der Waals surface area contributed by atoms with Crippen LogP contribution in [0.4, 0.5) is 11.4 Å². The summed E-state index contributed by atoms with van der Waals surface area (Å²) >= 11 is 0. The van der Waals surface area contributed by atoms with E-state index in [4.69, 9.17) is 0 Å². The number of amides is 2. The highest BCUT2D eigenvalue weighted by molar-refractivity contribution is 6.46. The maximum Gasteiger partial charge on any atom is 0.282 e. The highest BCUT2D eigenvalue weighted by Crippen LogP contribution is 2.36. The van der Waals surface area contributed by atoms with Crippen LogP contribution < -0.4 is 10.2 Å². The molecular weight excluding hydrogens is 396 g/mol. The van der Waals surface area contributed by atoms with Crippen LogP contribution in [0, 0.1) is 13.8 Å². The predicted molar refractivity (Wildman–Crippen MR) is 131 cm³/mol. The molecule has 4 nitrogen and oxygen atoms in total. The zero-order valence-corrected chi connectivity index (χ0v) is 19.2. The van der Waals surface area contributed by atoms with E-state index in [1.807, 2.05) is 86.6 Å². The molecule has 0 saturated carbocycles. The third-order valence-corrected chi connectivity index (χ3v) is 5.77. The van der Waals surface area contributed by atoms with Crippen molar-refractivity contribution in [3.05, 3.63) is 101 Å². The Kier molecular flexibility index (Phi) is 5.47. The number of aryl methyl sites for hydroxylation is 2. The van der Waals surface area contributed by atoms with Crippen LogP contribution in [0.15, 0.2) is 78.5 Å². The average molecular weight is 425 g/mol. The molecule has 1 N–H and O–H groups in total. The Balaban J connectivity index is 1.81. The van der Waals surface area contributed by atoms with Crippen molar-refractivity contribution >= 4 is 28.8 Å². The van der Waals surface area contributed by atoms with Gasteiger partial charge in [0.05, 0.1) is 11.3 Å². The number of carbonyl (C=O) groups excluding carboxylic acids is 2. The number of benzene rings is 3. The minimum absolute atomic E-state index is 0.0139. The molecular formula is C28H28N2O2. The molecule has 0 bridgehead atoms. The average Bonchev–Trinajstić information content (AvgIpc) is 2.98. The second-order valence-corrected chi connectivity index (χ2v) is 9.30. The van der Waals surface area contributed by atoms with Gasteiger partial charge < -0.3 is 5.32 Å². The number of hydrogen-bond donors (Lipinski definition) is 1. The molecule has 0 aromatic heterocycles. The molecule has 3 aromatic rings. The zero-order chi connectivity index (χ0) is 23.0. The van der Waals surface area contributed by atoms with Crippen molar-refractivity contribution < 1.29 is 9.59 Å². The summed E-state index contributed by atoms with van der Waals surface area (Å²) in [6, 6.07) is 23.0. The molecule has 162 valence electrons. The van der Waals surface area contributed by atoms with E-state index in [1.165, 1.54) is 4.90 Å². The van der Waals surface area contributed by atoms with Crippen molar-refractivity contribution in [1.29, 1.82) is 0 Å². The van der Waals surface area contributed by atoms with Crippen molar-refractivity contribution in [1.82, 2.24) is 0 Å². The van der Waals surface area contributed by atoms with Crippen LogP contribution in [0.1, 0.15) is 43.0 Å². The first-order chi connectivity index (χ1) is 15.2. The minimum atomic E-state index is -0.350. The standard InChI is InChI=1S/C28H28N2O2/c1-18-11-16-23(19(2)17-18)24-25(29-21-9-7-6-8-10-21)27(32)30(26(24)31)22-14-12-20(13-15-22)28(3,4)5/h6-17,29H,1-5H3. The monoisotopic (exact) mass is 424 g/mol. The second kappa shape index (κ2) is 8.12. The lowest BCUT2D eigenvalue weighted by Gasteiger charge is -2.21. The van der Waals surface area contributed by atoms with Crippen LogP contribution in [-0.2, 0) is 15.0 Å². The molecule has 1 aliphatic heterocycles. The highest BCUT2D eigenvalue weighted by atomic mass is 16.2. The molecule has 0 atom stereocenters. The van der Waals surface area contributed by atoms with Crippen molar-refractivity contribution in [3.63, 3.8) is 0 Å². The molecule has 0 saturated heterocycles. The molecule has 32 heavy (non-hydrogen) atoms. The summed E-state index contributed by atoms with van der Waals surface area (Å²) in [5.74, 6) is -0.666. The number of para-hydroxylation sites is 1. The first-order valence-electron chi connectivity index (χ1n) is 10.8. The van der Waals surface area contributed by atoms with Gasteiger partial charge in [0.2, 0.25) is 0 Å². The van der Waals surface area contributed by atoms with Crippen molar-refractivity contribution in [2.24, 2.45) is 0 Å². The summed E-state index contributed by atoms with van der Waals surface area (Å²) in [5.41, 5.74) is 5.99. The van der Waals surface area contributed by atoms with Gasteiger partial charge in [-0.15, -0.1) is 0 Å². The van der Waals surface area contributed by atoms with E-state index in [-0.39, 0.29) is 17.2 Å². The number of anilines is 2. The fourth-order valence-electron chi connectivity index (χ4n) is 4.00. The SMILES string of the molecule is Cc1ccc(C2=C(Nc3ccccc3)C(=O)N(c3ccc(C(C)(C)C)cc3)C2=O)c(C)c1. The number of rotatable bonds is 4. The smallest absolute Gasteiger partial charge is 0.282 e. The van der Waals surface area contributed by atoms with Gasteiger partial charge in [-0.2, -0.15) is 0 Å². The quantitative estimate of drug-likeness (QED) is 0.523. The van der Waals surface area contributed by atoms with E-state index in [0.717, 1.165) is 27.9 Å². The van der Waals surface area contributed by atoms with E-state index >= 15 is 0 Å². The molecule has 2 amide bonds. The summed E-state index contributed by atoms with van der Waals surface area (Å²) in [6.07, 6.45) is 0. The molecule has 4 heteroatoms. The fourth-order valence-corrected chi connectivity index (χ4v) is 4.00. The Morgan fingerprint density at radius 1 is 0.781 bits per heavy atom. The van der Waals surface area contributed by atoms with Crippen molar-refractivity contribution in [2.45, 2.75) is 40.0 Å². The molecule has 1 aliphatic rings. The van der Waals surface area contributed by atoms with Crippen molar-refractivity contribution in [3.8, 4) is 0 Å². The Hall–Kier alpha value is -3.66. The Morgan fingerprint density at radius 3 is 2.03 bits per heavy atom. The van der Waals surface area contributed by atoms with E-state index in [1.54, 1.807) is 0 Å². The summed E-state index contributed by atoms with van der Waals surface area (Å²) in [7, 11) is 0. The largest absolute Gasteiger partial charge is 0.350 e. The maximum atomic E-state index is 13.6. The highest BCUT2D eigenvalue weighted by Gasteiger charge is 2.40. The maximum absolute atomic E-state index is 13.6. The minimum Gasteiger partial charge on any atom is -0.350 e. The fraction of sp³-hybridized carbons (Fsp3) is 0.214. The molecule has 4 rings (SSSR count). The van der Waals surface area contributed by atoms with Gasteiger partial charge in [0.25, 0.3) is 11.8 Å². The zero-order valence-electron chi connectivity index (χ0n) is 19.2. The molecule has 3 aromatic carbocycles. The lowest BCUT2D eigenvalue weighted by Crippen LogP contribution is -2.32. The van der Waals surface area contributed by atoms with Gasteiger partial charge in [0.15, 0.2) is 0 Å². The number of hydrogen-bond acceptors (Lipinski definition) is 3. The summed E-state index contributed by atoms with van der Waals surface area (Å²) in [4.78, 5) is 28.5. The number of imide groups is 1. The van der Waals surface area contributed by atoms with Crippen LogP contribution in [0.25, 0.3) is 5.57 Å². The number of nitrogens with one attached hydrogen (secondary N) is 1. The number of nitrogens with zero attached hydrogens (tertiary/aromatic N) is 1. The molecule has 0 spiro atoms. The Labute approximate surface area is 189 Å². The second-order valence-electron chi connectivity index (χ2n) is 9.30. The molecule has 0 unspecified atom stereocenters. The lowest BCUT2D eigenvalue weighted by molar-refractivity contribution is -0.120.